The molecule has 0 radical (unpaired) electrons. The van der Waals surface area contributed by atoms with Crippen molar-refractivity contribution in [3.8, 4) is 0 Å². The number of para-hydroxylation sites is 1. The van der Waals surface area contributed by atoms with E-state index < -0.39 is 0 Å². The van der Waals surface area contributed by atoms with Crippen LogP contribution in [-0.4, -0.2) is 10.9 Å². The second-order valence-electron chi connectivity index (χ2n) is 4.68. The zero-order valence-corrected chi connectivity index (χ0v) is 11.7. The maximum atomic E-state index is 12.2. The van der Waals surface area contributed by atoms with E-state index in [0.29, 0.717) is 10.7 Å². The van der Waals surface area contributed by atoms with Crippen LogP contribution in [-0.2, 0) is 0 Å². The van der Waals surface area contributed by atoms with Crippen LogP contribution < -0.4 is 5.32 Å². The molecule has 0 aliphatic heterocycles. The van der Waals surface area contributed by atoms with Gasteiger partial charge in [-0.3, -0.25) is 4.79 Å². The van der Waals surface area contributed by atoms with E-state index in [-0.39, 0.29) is 5.91 Å². The van der Waals surface area contributed by atoms with E-state index in [1.165, 1.54) is 0 Å². The van der Waals surface area contributed by atoms with Crippen molar-refractivity contribution in [3.63, 3.8) is 0 Å². The van der Waals surface area contributed by atoms with Crippen LogP contribution in [0.4, 0.5) is 5.69 Å². The van der Waals surface area contributed by atoms with Gasteiger partial charge in [-0.1, -0.05) is 29.8 Å². The molecule has 0 spiro atoms. The highest BCUT2D eigenvalue weighted by Gasteiger charge is 2.10. The number of aryl methyl sites for hydroxylation is 1. The molecule has 100 valence electrons. The molecule has 4 heteroatoms. The fourth-order valence-corrected chi connectivity index (χ4v) is 2.31. The second kappa shape index (κ2) is 5.02. The number of benzene rings is 2. The lowest BCUT2D eigenvalue weighted by atomic mass is 10.2. The third-order valence-electron chi connectivity index (χ3n) is 3.22. The van der Waals surface area contributed by atoms with Crippen LogP contribution in [0.15, 0.2) is 48.5 Å². The molecular weight excluding hydrogens is 272 g/mol. The Morgan fingerprint density at radius 1 is 1.15 bits per heavy atom. The summed E-state index contributed by atoms with van der Waals surface area (Å²) in [6.45, 7) is 1.96. The van der Waals surface area contributed by atoms with Gasteiger partial charge in [0.15, 0.2) is 0 Å². The molecule has 0 saturated heterocycles. The summed E-state index contributed by atoms with van der Waals surface area (Å²) in [7, 11) is 0. The van der Waals surface area contributed by atoms with Crippen molar-refractivity contribution in [2.75, 3.05) is 5.32 Å². The van der Waals surface area contributed by atoms with E-state index in [1.807, 2.05) is 43.3 Å². The first-order valence-electron chi connectivity index (χ1n) is 6.29. The zero-order valence-electron chi connectivity index (χ0n) is 10.9. The van der Waals surface area contributed by atoms with Crippen molar-refractivity contribution in [2.45, 2.75) is 6.92 Å². The minimum Gasteiger partial charge on any atom is -0.351 e. The number of amides is 1. The average Bonchev–Trinajstić information content (AvgIpc) is 2.84. The standard InChI is InChI=1S/C16H13ClN2O/c1-10-4-2-3-5-13(10)19-16(20)15-9-11-8-12(17)6-7-14(11)18-15/h2-9,18H,1H3,(H,19,20). The third kappa shape index (κ3) is 2.40. The Labute approximate surface area is 121 Å². The van der Waals surface area contributed by atoms with Crippen molar-refractivity contribution in [1.29, 1.82) is 0 Å². The summed E-state index contributed by atoms with van der Waals surface area (Å²) in [4.78, 5) is 15.3. The first-order chi connectivity index (χ1) is 9.63. The summed E-state index contributed by atoms with van der Waals surface area (Å²) in [6, 6.07) is 15.0. The monoisotopic (exact) mass is 284 g/mol. The van der Waals surface area contributed by atoms with E-state index in [0.717, 1.165) is 22.2 Å². The van der Waals surface area contributed by atoms with Gasteiger partial charge in [0.05, 0.1) is 0 Å². The highest BCUT2D eigenvalue weighted by Crippen LogP contribution is 2.21. The number of carbonyl (C=O) groups is 1. The van der Waals surface area contributed by atoms with Crippen molar-refractivity contribution < 1.29 is 4.79 Å². The molecule has 3 aromatic rings. The van der Waals surface area contributed by atoms with E-state index in [9.17, 15) is 4.79 Å². The topological polar surface area (TPSA) is 44.9 Å². The summed E-state index contributed by atoms with van der Waals surface area (Å²) in [5.41, 5.74) is 3.25. The molecule has 0 aliphatic rings. The van der Waals surface area contributed by atoms with Gasteiger partial charge in [-0.2, -0.15) is 0 Å². The molecule has 3 rings (SSSR count). The van der Waals surface area contributed by atoms with Crippen LogP contribution in [0.5, 0.6) is 0 Å². The van der Waals surface area contributed by atoms with Gasteiger partial charge in [0.25, 0.3) is 5.91 Å². The van der Waals surface area contributed by atoms with Gasteiger partial charge >= 0.3 is 0 Å². The Bertz CT molecular complexity index is 792. The molecule has 1 aromatic heterocycles. The first-order valence-corrected chi connectivity index (χ1v) is 6.66. The lowest BCUT2D eigenvalue weighted by molar-refractivity contribution is 0.102. The molecule has 2 N–H and O–H groups in total. The number of hydrogen-bond acceptors (Lipinski definition) is 1. The summed E-state index contributed by atoms with van der Waals surface area (Å²) < 4.78 is 0. The number of anilines is 1. The smallest absolute Gasteiger partial charge is 0.272 e. The maximum Gasteiger partial charge on any atom is 0.272 e. The number of hydrogen-bond donors (Lipinski definition) is 2. The van der Waals surface area contributed by atoms with Gasteiger partial charge in [0.2, 0.25) is 0 Å². The van der Waals surface area contributed by atoms with E-state index in [1.54, 1.807) is 12.1 Å². The summed E-state index contributed by atoms with van der Waals surface area (Å²) in [5.74, 6) is -0.161. The zero-order chi connectivity index (χ0) is 14.1. The van der Waals surface area contributed by atoms with Gasteiger partial charge in [-0.05, 0) is 42.8 Å². The fraction of sp³-hybridized carbons (Fsp3) is 0.0625. The van der Waals surface area contributed by atoms with Gasteiger partial charge in [-0.25, -0.2) is 0 Å². The van der Waals surface area contributed by atoms with Crippen LogP contribution >= 0.6 is 11.6 Å². The summed E-state index contributed by atoms with van der Waals surface area (Å²) in [6.07, 6.45) is 0. The molecule has 0 unspecified atom stereocenters. The molecule has 0 fully saturated rings. The predicted molar refractivity (Wildman–Crippen MR) is 82.4 cm³/mol. The van der Waals surface area contributed by atoms with Crippen LogP contribution in [0.3, 0.4) is 0 Å². The SMILES string of the molecule is Cc1ccccc1NC(=O)c1cc2cc(Cl)ccc2[nH]1. The molecule has 0 bridgehead atoms. The van der Waals surface area contributed by atoms with E-state index in [4.69, 9.17) is 11.6 Å². The number of fused-ring (bicyclic) bond motifs is 1. The van der Waals surface area contributed by atoms with Crippen LogP contribution in [0.25, 0.3) is 10.9 Å². The number of H-pyrrole nitrogens is 1. The van der Waals surface area contributed by atoms with E-state index in [2.05, 4.69) is 10.3 Å². The number of aromatic nitrogens is 1. The molecule has 1 amide bonds. The van der Waals surface area contributed by atoms with Crippen LogP contribution in [0.1, 0.15) is 16.1 Å². The Morgan fingerprint density at radius 3 is 2.75 bits per heavy atom. The molecule has 1 heterocycles. The molecule has 3 nitrogen and oxygen atoms in total. The summed E-state index contributed by atoms with van der Waals surface area (Å²) in [5, 5.41) is 4.48. The van der Waals surface area contributed by atoms with Crippen molar-refractivity contribution >= 4 is 34.1 Å². The Hall–Kier alpha value is -2.26. The van der Waals surface area contributed by atoms with Crippen molar-refractivity contribution in [3.05, 3.63) is 64.8 Å². The fourth-order valence-electron chi connectivity index (χ4n) is 2.13. The molecule has 0 aliphatic carbocycles. The average molecular weight is 285 g/mol. The molecule has 2 aromatic carbocycles. The quantitative estimate of drug-likeness (QED) is 0.720. The lowest BCUT2D eigenvalue weighted by Crippen LogP contribution is -2.12. The highest BCUT2D eigenvalue weighted by molar-refractivity contribution is 6.31. The third-order valence-corrected chi connectivity index (χ3v) is 3.46. The number of aromatic amines is 1. The van der Waals surface area contributed by atoms with Gasteiger partial charge in [-0.15, -0.1) is 0 Å². The van der Waals surface area contributed by atoms with Crippen LogP contribution in [0.2, 0.25) is 5.02 Å². The van der Waals surface area contributed by atoms with Gasteiger partial charge < -0.3 is 10.3 Å². The largest absolute Gasteiger partial charge is 0.351 e. The number of nitrogens with one attached hydrogen (secondary N) is 2. The number of rotatable bonds is 2. The van der Waals surface area contributed by atoms with Crippen molar-refractivity contribution in [1.82, 2.24) is 4.98 Å². The van der Waals surface area contributed by atoms with Crippen molar-refractivity contribution in [2.24, 2.45) is 0 Å². The highest BCUT2D eigenvalue weighted by atomic mass is 35.5. The maximum absolute atomic E-state index is 12.2. The Morgan fingerprint density at radius 2 is 1.95 bits per heavy atom. The normalized spacial score (nSPS) is 10.7. The summed E-state index contributed by atoms with van der Waals surface area (Å²) >= 11 is 5.94. The minimum atomic E-state index is -0.161. The molecule has 0 saturated carbocycles. The minimum absolute atomic E-state index is 0.161. The lowest BCUT2D eigenvalue weighted by Gasteiger charge is -2.06. The second-order valence-corrected chi connectivity index (χ2v) is 5.12. The Balaban J connectivity index is 1.91. The Kier molecular flexibility index (Phi) is 3.20. The predicted octanol–water partition coefficient (Wildman–Crippen LogP) is 4.38. The van der Waals surface area contributed by atoms with Gasteiger partial charge in [0.1, 0.15) is 5.69 Å². The van der Waals surface area contributed by atoms with E-state index >= 15 is 0 Å². The molecule has 0 atom stereocenters. The van der Waals surface area contributed by atoms with Crippen LogP contribution in [0, 0.1) is 6.92 Å². The van der Waals surface area contributed by atoms with Gasteiger partial charge in [0, 0.05) is 21.6 Å². The first kappa shape index (κ1) is 12.8. The number of carbonyl (C=O) groups excluding carboxylic acids is 1. The molecular formula is C16H13ClN2O. The molecule has 20 heavy (non-hydrogen) atoms. The number of halogens is 1.